The molecule has 142 valence electrons. The highest BCUT2D eigenvalue weighted by Gasteiger charge is 2.06. The molecular formula is C20H20BrNO5. The van der Waals surface area contributed by atoms with Crippen LogP contribution in [0.15, 0.2) is 53.0 Å². The fraction of sp³-hybridized carbons (Fsp3) is 0.200. The number of rotatable bonds is 9. The van der Waals surface area contributed by atoms with Gasteiger partial charge in [0.15, 0.2) is 11.5 Å². The Morgan fingerprint density at radius 3 is 2.56 bits per heavy atom. The smallest absolute Gasteiger partial charge is 0.305 e. The summed E-state index contributed by atoms with van der Waals surface area (Å²) in [5.74, 6) is -0.155. The monoisotopic (exact) mass is 433 g/mol. The third-order valence-electron chi connectivity index (χ3n) is 3.56. The van der Waals surface area contributed by atoms with Crippen molar-refractivity contribution in [2.24, 2.45) is 0 Å². The normalized spacial score (nSPS) is 10.6. The van der Waals surface area contributed by atoms with Gasteiger partial charge in [0.25, 0.3) is 0 Å². The van der Waals surface area contributed by atoms with E-state index in [9.17, 15) is 9.59 Å². The molecule has 6 nitrogen and oxygen atoms in total. The average Bonchev–Trinajstić information content (AvgIpc) is 2.66. The van der Waals surface area contributed by atoms with Crippen LogP contribution in [0.5, 0.6) is 11.5 Å². The van der Waals surface area contributed by atoms with Crippen LogP contribution in [-0.4, -0.2) is 30.6 Å². The summed E-state index contributed by atoms with van der Waals surface area (Å²) < 4.78 is 12.2. The first-order chi connectivity index (χ1) is 13.0. The zero-order chi connectivity index (χ0) is 19.6. The number of ether oxygens (including phenoxy) is 2. The summed E-state index contributed by atoms with van der Waals surface area (Å²) in [6.07, 6.45) is 2.86. The Balaban J connectivity index is 1.96. The van der Waals surface area contributed by atoms with Gasteiger partial charge in [-0.3, -0.25) is 9.59 Å². The maximum atomic E-state index is 11.7. The van der Waals surface area contributed by atoms with Gasteiger partial charge >= 0.3 is 5.97 Å². The Labute approximate surface area is 165 Å². The van der Waals surface area contributed by atoms with Crippen molar-refractivity contribution < 1.29 is 24.2 Å². The summed E-state index contributed by atoms with van der Waals surface area (Å²) in [4.78, 5) is 22.1. The molecule has 0 bridgehead atoms. The van der Waals surface area contributed by atoms with Crippen LogP contribution in [-0.2, 0) is 16.2 Å². The van der Waals surface area contributed by atoms with E-state index in [-0.39, 0.29) is 18.9 Å². The second-order valence-electron chi connectivity index (χ2n) is 5.59. The van der Waals surface area contributed by atoms with Crippen molar-refractivity contribution in [2.75, 3.05) is 13.7 Å². The predicted molar refractivity (Wildman–Crippen MR) is 106 cm³/mol. The van der Waals surface area contributed by atoms with E-state index in [2.05, 4.69) is 21.2 Å². The van der Waals surface area contributed by atoms with E-state index in [1.165, 1.54) is 6.08 Å². The highest BCUT2D eigenvalue weighted by atomic mass is 79.9. The van der Waals surface area contributed by atoms with Gasteiger partial charge in [-0.2, -0.15) is 0 Å². The van der Waals surface area contributed by atoms with Crippen LogP contribution in [0.4, 0.5) is 0 Å². The summed E-state index contributed by atoms with van der Waals surface area (Å²) in [7, 11) is 1.55. The topological polar surface area (TPSA) is 84.9 Å². The Morgan fingerprint density at radius 2 is 1.89 bits per heavy atom. The van der Waals surface area contributed by atoms with Gasteiger partial charge in [0.1, 0.15) is 6.61 Å². The molecule has 0 atom stereocenters. The Bertz CT molecular complexity index is 818. The van der Waals surface area contributed by atoms with Crippen LogP contribution in [0.2, 0.25) is 0 Å². The highest BCUT2D eigenvalue weighted by molar-refractivity contribution is 9.10. The number of halogens is 1. The minimum absolute atomic E-state index is 0.0880. The average molecular weight is 434 g/mol. The zero-order valence-electron chi connectivity index (χ0n) is 14.8. The van der Waals surface area contributed by atoms with Gasteiger partial charge in [0, 0.05) is 17.1 Å². The van der Waals surface area contributed by atoms with Crippen LogP contribution in [0.25, 0.3) is 6.08 Å². The molecule has 2 rings (SSSR count). The lowest BCUT2D eigenvalue weighted by atomic mass is 10.2. The maximum Gasteiger partial charge on any atom is 0.305 e. The predicted octanol–water partition coefficient (Wildman–Crippen LogP) is 3.64. The van der Waals surface area contributed by atoms with E-state index in [1.54, 1.807) is 31.4 Å². The SMILES string of the molecule is COc1cc(/C=C/C(=O)NCCC(=O)O)ccc1OCc1ccc(Br)cc1. The Kier molecular flexibility index (Phi) is 7.88. The molecule has 0 aromatic heterocycles. The third kappa shape index (κ3) is 7.15. The molecule has 0 saturated carbocycles. The molecule has 0 spiro atoms. The number of aliphatic carboxylic acids is 1. The molecule has 2 N–H and O–H groups in total. The number of carbonyl (C=O) groups is 2. The van der Waals surface area contributed by atoms with Gasteiger partial charge < -0.3 is 19.9 Å². The van der Waals surface area contributed by atoms with Crippen LogP contribution >= 0.6 is 15.9 Å². The van der Waals surface area contributed by atoms with Crippen LogP contribution in [0, 0.1) is 0 Å². The van der Waals surface area contributed by atoms with E-state index in [1.807, 2.05) is 24.3 Å². The summed E-state index contributed by atoms with van der Waals surface area (Å²) in [6.45, 7) is 0.496. The number of carboxylic acid groups (broad SMARTS) is 1. The van der Waals surface area contributed by atoms with Gasteiger partial charge in [0.05, 0.1) is 13.5 Å². The van der Waals surface area contributed by atoms with E-state index < -0.39 is 5.97 Å². The summed E-state index contributed by atoms with van der Waals surface area (Å²) in [5, 5.41) is 11.1. The van der Waals surface area contributed by atoms with Crippen LogP contribution in [0.3, 0.4) is 0 Å². The minimum atomic E-state index is -0.956. The number of benzene rings is 2. The number of hydrogen-bond donors (Lipinski definition) is 2. The molecule has 27 heavy (non-hydrogen) atoms. The maximum absolute atomic E-state index is 11.7. The second-order valence-corrected chi connectivity index (χ2v) is 6.51. The number of methoxy groups -OCH3 is 1. The first-order valence-corrected chi connectivity index (χ1v) is 9.00. The summed E-state index contributed by atoms with van der Waals surface area (Å²) >= 11 is 3.40. The highest BCUT2D eigenvalue weighted by Crippen LogP contribution is 2.29. The molecule has 0 fully saturated rings. The lowest BCUT2D eigenvalue weighted by molar-refractivity contribution is -0.136. The standard InChI is InChI=1S/C20H20BrNO5/c1-26-18-12-14(5-9-19(23)22-11-10-20(24)25)4-8-17(18)27-13-15-2-6-16(21)7-3-15/h2-9,12H,10-11,13H2,1H3,(H,22,23)(H,24,25)/b9-5+. The molecular weight excluding hydrogens is 414 g/mol. The van der Waals surface area contributed by atoms with E-state index in [4.69, 9.17) is 14.6 Å². The minimum Gasteiger partial charge on any atom is -0.493 e. The quantitative estimate of drug-likeness (QED) is 0.589. The van der Waals surface area contributed by atoms with Crippen LogP contribution < -0.4 is 14.8 Å². The van der Waals surface area contributed by atoms with Gasteiger partial charge in [-0.1, -0.05) is 34.1 Å². The first kappa shape index (κ1) is 20.5. The van der Waals surface area contributed by atoms with Crippen molar-refractivity contribution in [3.8, 4) is 11.5 Å². The Hall–Kier alpha value is -2.80. The van der Waals surface area contributed by atoms with Gasteiger partial charge in [-0.05, 0) is 41.5 Å². The molecule has 0 unspecified atom stereocenters. The fourth-order valence-electron chi connectivity index (χ4n) is 2.17. The lowest BCUT2D eigenvalue weighted by Crippen LogP contribution is -2.23. The molecule has 0 aliphatic rings. The second kappa shape index (κ2) is 10.4. The van der Waals surface area contributed by atoms with Crippen molar-refractivity contribution >= 4 is 33.9 Å². The van der Waals surface area contributed by atoms with Crippen molar-refractivity contribution in [1.82, 2.24) is 5.32 Å². The Morgan fingerprint density at radius 1 is 1.15 bits per heavy atom. The largest absolute Gasteiger partial charge is 0.493 e. The number of hydrogen-bond acceptors (Lipinski definition) is 4. The van der Waals surface area contributed by atoms with Gasteiger partial charge in [-0.15, -0.1) is 0 Å². The van der Waals surface area contributed by atoms with E-state index >= 15 is 0 Å². The number of carbonyl (C=O) groups excluding carboxylic acids is 1. The molecule has 0 aliphatic heterocycles. The lowest BCUT2D eigenvalue weighted by Gasteiger charge is -2.11. The molecule has 1 amide bonds. The van der Waals surface area contributed by atoms with Crippen molar-refractivity contribution in [3.05, 3.63) is 64.1 Å². The van der Waals surface area contributed by atoms with Gasteiger partial charge in [0.2, 0.25) is 5.91 Å². The van der Waals surface area contributed by atoms with Crippen molar-refractivity contribution in [1.29, 1.82) is 0 Å². The summed E-state index contributed by atoms with van der Waals surface area (Å²) in [5.41, 5.74) is 1.79. The van der Waals surface area contributed by atoms with Crippen LogP contribution in [0.1, 0.15) is 17.5 Å². The molecule has 7 heteroatoms. The molecule has 0 heterocycles. The van der Waals surface area contributed by atoms with E-state index in [0.717, 1.165) is 15.6 Å². The van der Waals surface area contributed by atoms with Gasteiger partial charge in [-0.25, -0.2) is 0 Å². The number of amides is 1. The van der Waals surface area contributed by atoms with Crippen molar-refractivity contribution in [3.63, 3.8) is 0 Å². The first-order valence-electron chi connectivity index (χ1n) is 8.21. The molecule has 0 aliphatic carbocycles. The van der Waals surface area contributed by atoms with Crippen molar-refractivity contribution in [2.45, 2.75) is 13.0 Å². The molecule has 2 aromatic carbocycles. The molecule has 0 saturated heterocycles. The summed E-state index contributed by atoms with van der Waals surface area (Å²) in [6, 6.07) is 13.2. The molecule has 2 aromatic rings. The fourth-order valence-corrected chi connectivity index (χ4v) is 2.44. The third-order valence-corrected chi connectivity index (χ3v) is 4.09. The zero-order valence-corrected chi connectivity index (χ0v) is 16.4. The number of nitrogens with one attached hydrogen (secondary N) is 1. The van der Waals surface area contributed by atoms with E-state index in [0.29, 0.717) is 18.1 Å². The number of carboxylic acids is 1. The molecule has 0 radical (unpaired) electrons.